The number of allylic oxidation sites excluding steroid dienone is 2. The van der Waals surface area contributed by atoms with E-state index in [9.17, 15) is 9.59 Å². The summed E-state index contributed by atoms with van der Waals surface area (Å²) < 4.78 is 0. The fraction of sp³-hybridized carbons (Fsp3) is 0.412. The van der Waals surface area contributed by atoms with Gasteiger partial charge in [0.25, 0.3) is 0 Å². The van der Waals surface area contributed by atoms with Crippen LogP contribution >= 0.6 is 0 Å². The van der Waals surface area contributed by atoms with Gasteiger partial charge < -0.3 is 5.32 Å². The molecule has 0 saturated carbocycles. The summed E-state index contributed by atoms with van der Waals surface area (Å²) in [5, 5.41) is 3.19. The third kappa shape index (κ3) is 2.46. The summed E-state index contributed by atoms with van der Waals surface area (Å²) in [6, 6.07) is 6.05. The van der Waals surface area contributed by atoms with E-state index in [0.717, 1.165) is 5.69 Å². The van der Waals surface area contributed by atoms with E-state index in [1.807, 2.05) is 37.3 Å². The molecule has 4 heteroatoms. The lowest BCUT2D eigenvalue weighted by Gasteiger charge is -2.17. The number of benzene rings is 1. The number of likely N-dealkylation sites (tertiary alicyclic amines) is 1. The van der Waals surface area contributed by atoms with Crippen molar-refractivity contribution in [3.8, 4) is 0 Å². The SMILES string of the molecule is Cc1ccc(NCN2C(=O)[C@H]3CC=CC[C@H]3C2=O)cc1C. The van der Waals surface area contributed by atoms with E-state index >= 15 is 0 Å². The summed E-state index contributed by atoms with van der Waals surface area (Å²) >= 11 is 0. The molecule has 21 heavy (non-hydrogen) atoms. The highest BCUT2D eigenvalue weighted by Crippen LogP contribution is 2.34. The van der Waals surface area contributed by atoms with Crippen LogP contribution in [0.2, 0.25) is 0 Å². The normalized spacial score (nSPS) is 24.4. The van der Waals surface area contributed by atoms with Gasteiger partial charge in [-0.25, -0.2) is 0 Å². The van der Waals surface area contributed by atoms with Gasteiger partial charge in [0.1, 0.15) is 0 Å². The smallest absolute Gasteiger partial charge is 0.234 e. The lowest BCUT2D eigenvalue weighted by molar-refractivity contribution is -0.139. The van der Waals surface area contributed by atoms with E-state index in [1.54, 1.807) is 0 Å². The Morgan fingerprint density at radius 1 is 1.05 bits per heavy atom. The number of carbonyl (C=O) groups is 2. The van der Waals surface area contributed by atoms with Gasteiger partial charge >= 0.3 is 0 Å². The van der Waals surface area contributed by atoms with Crippen molar-refractivity contribution in [1.29, 1.82) is 0 Å². The monoisotopic (exact) mass is 284 g/mol. The second-order valence-corrected chi connectivity index (χ2v) is 5.89. The first kappa shape index (κ1) is 13.9. The molecule has 0 unspecified atom stereocenters. The van der Waals surface area contributed by atoms with Gasteiger partial charge in [-0.1, -0.05) is 18.2 Å². The average molecular weight is 284 g/mol. The Hall–Kier alpha value is -2.10. The molecule has 1 aliphatic carbocycles. The summed E-state index contributed by atoms with van der Waals surface area (Å²) in [6.07, 6.45) is 5.39. The predicted molar refractivity (Wildman–Crippen MR) is 81.6 cm³/mol. The van der Waals surface area contributed by atoms with E-state index in [2.05, 4.69) is 12.2 Å². The molecule has 1 aromatic rings. The molecule has 0 spiro atoms. The molecule has 1 fully saturated rings. The molecule has 2 aliphatic rings. The van der Waals surface area contributed by atoms with E-state index in [1.165, 1.54) is 16.0 Å². The van der Waals surface area contributed by atoms with Crippen molar-refractivity contribution in [2.75, 3.05) is 12.0 Å². The third-order valence-corrected chi connectivity index (χ3v) is 4.55. The van der Waals surface area contributed by atoms with Crippen molar-refractivity contribution >= 4 is 17.5 Å². The molecule has 1 saturated heterocycles. The molecule has 1 heterocycles. The Morgan fingerprint density at radius 2 is 1.67 bits per heavy atom. The van der Waals surface area contributed by atoms with E-state index < -0.39 is 0 Å². The van der Waals surface area contributed by atoms with Gasteiger partial charge in [0.15, 0.2) is 0 Å². The molecule has 1 N–H and O–H groups in total. The summed E-state index contributed by atoms with van der Waals surface area (Å²) in [7, 11) is 0. The predicted octanol–water partition coefficient (Wildman–Crippen LogP) is 2.62. The zero-order valence-electron chi connectivity index (χ0n) is 12.4. The summed E-state index contributed by atoms with van der Waals surface area (Å²) in [6.45, 7) is 4.37. The second kappa shape index (κ2) is 5.35. The Bertz CT molecular complexity index is 595. The summed E-state index contributed by atoms with van der Waals surface area (Å²) in [5.41, 5.74) is 3.36. The number of nitrogens with one attached hydrogen (secondary N) is 1. The van der Waals surface area contributed by atoms with Crippen LogP contribution in [0.3, 0.4) is 0 Å². The minimum absolute atomic E-state index is 0.0364. The van der Waals surface area contributed by atoms with Gasteiger partial charge in [-0.05, 0) is 49.9 Å². The Kier molecular flexibility index (Phi) is 3.53. The number of rotatable bonds is 3. The first-order valence-electron chi connectivity index (χ1n) is 7.39. The van der Waals surface area contributed by atoms with Gasteiger partial charge in [0.2, 0.25) is 11.8 Å². The number of hydrogen-bond donors (Lipinski definition) is 1. The summed E-state index contributed by atoms with van der Waals surface area (Å²) in [4.78, 5) is 26.0. The van der Waals surface area contributed by atoms with Crippen LogP contribution in [-0.2, 0) is 9.59 Å². The van der Waals surface area contributed by atoms with Crippen molar-refractivity contribution in [3.05, 3.63) is 41.5 Å². The maximum Gasteiger partial charge on any atom is 0.234 e. The minimum Gasteiger partial charge on any atom is -0.367 e. The highest BCUT2D eigenvalue weighted by atomic mass is 16.2. The number of amides is 2. The van der Waals surface area contributed by atoms with Gasteiger partial charge in [0.05, 0.1) is 18.5 Å². The van der Waals surface area contributed by atoms with Crippen molar-refractivity contribution < 1.29 is 9.59 Å². The van der Waals surface area contributed by atoms with Crippen LogP contribution in [-0.4, -0.2) is 23.4 Å². The number of nitrogens with zero attached hydrogens (tertiary/aromatic N) is 1. The van der Waals surface area contributed by atoms with E-state index in [4.69, 9.17) is 0 Å². The Labute approximate surface area is 124 Å². The van der Waals surface area contributed by atoms with Crippen molar-refractivity contribution in [2.24, 2.45) is 11.8 Å². The number of aryl methyl sites for hydroxylation is 2. The first-order chi connectivity index (χ1) is 10.1. The second-order valence-electron chi connectivity index (χ2n) is 5.89. The zero-order valence-corrected chi connectivity index (χ0v) is 12.4. The van der Waals surface area contributed by atoms with Gasteiger partial charge in [-0.3, -0.25) is 14.5 Å². The van der Waals surface area contributed by atoms with Gasteiger partial charge in [0, 0.05) is 5.69 Å². The van der Waals surface area contributed by atoms with Crippen molar-refractivity contribution in [1.82, 2.24) is 4.90 Å². The van der Waals surface area contributed by atoms with Gasteiger partial charge in [-0.15, -0.1) is 0 Å². The highest BCUT2D eigenvalue weighted by molar-refractivity contribution is 6.05. The number of anilines is 1. The molecule has 4 nitrogen and oxygen atoms in total. The standard InChI is InChI=1S/C17H20N2O2/c1-11-7-8-13(9-12(11)2)18-10-19-16(20)14-5-3-4-6-15(14)17(19)21/h3-4,7-9,14-15,18H,5-6,10H2,1-2H3/t14-,15+. The molecule has 2 amide bonds. The lowest BCUT2D eigenvalue weighted by atomic mass is 9.85. The van der Waals surface area contributed by atoms with Crippen LogP contribution in [0.4, 0.5) is 5.69 Å². The first-order valence-corrected chi connectivity index (χ1v) is 7.39. The van der Waals surface area contributed by atoms with Crippen LogP contribution in [0, 0.1) is 25.7 Å². The fourth-order valence-electron chi connectivity index (χ4n) is 3.05. The van der Waals surface area contributed by atoms with Crippen molar-refractivity contribution in [2.45, 2.75) is 26.7 Å². The Morgan fingerprint density at radius 3 is 2.24 bits per heavy atom. The molecule has 0 radical (unpaired) electrons. The fourth-order valence-corrected chi connectivity index (χ4v) is 3.05. The van der Waals surface area contributed by atoms with Crippen LogP contribution in [0.25, 0.3) is 0 Å². The highest BCUT2D eigenvalue weighted by Gasteiger charge is 2.46. The van der Waals surface area contributed by atoms with Crippen LogP contribution in [0.1, 0.15) is 24.0 Å². The van der Waals surface area contributed by atoms with Crippen LogP contribution in [0.5, 0.6) is 0 Å². The molecule has 1 aromatic carbocycles. The summed E-state index contributed by atoms with van der Waals surface area (Å²) in [5.74, 6) is -0.371. The van der Waals surface area contributed by atoms with Crippen molar-refractivity contribution in [3.63, 3.8) is 0 Å². The minimum atomic E-state index is -0.149. The molecule has 1 aliphatic heterocycles. The quantitative estimate of drug-likeness (QED) is 0.685. The average Bonchev–Trinajstić information content (AvgIpc) is 2.73. The van der Waals surface area contributed by atoms with E-state index in [0.29, 0.717) is 12.8 Å². The zero-order chi connectivity index (χ0) is 15.0. The molecule has 0 aromatic heterocycles. The number of hydrogen-bond acceptors (Lipinski definition) is 3. The van der Waals surface area contributed by atoms with Crippen LogP contribution in [0.15, 0.2) is 30.4 Å². The molecular formula is C17H20N2O2. The van der Waals surface area contributed by atoms with E-state index in [-0.39, 0.29) is 30.3 Å². The van der Waals surface area contributed by atoms with Crippen LogP contribution < -0.4 is 5.32 Å². The number of fused-ring (bicyclic) bond motifs is 1. The Balaban J connectivity index is 1.69. The number of carbonyl (C=O) groups excluding carboxylic acids is 2. The molecule has 0 bridgehead atoms. The molecular weight excluding hydrogens is 264 g/mol. The van der Waals surface area contributed by atoms with Gasteiger partial charge in [-0.2, -0.15) is 0 Å². The molecule has 3 rings (SSSR count). The number of imide groups is 1. The third-order valence-electron chi connectivity index (χ3n) is 4.55. The lowest BCUT2D eigenvalue weighted by Crippen LogP contribution is -2.35. The molecule has 2 atom stereocenters. The topological polar surface area (TPSA) is 49.4 Å². The molecule has 110 valence electrons. The maximum absolute atomic E-state index is 12.3. The maximum atomic E-state index is 12.3. The largest absolute Gasteiger partial charge is 0.367 e.